The zero-order chi connectivity index (χ0) is 11.6. The van der Waals surface area contributed by atoms with Crippen molar-refractivity contribution < 1.29 is 22.6 Å². The summed E-state index contributed by atoms with van der Waals surface area (Å²) in [5.41, 5.74) is -0.700. The first-order valence-electron chi connectivity index (χ1n) is 3.56. The second-order valence-electron chi connectivity index (χ2n) is 2.39. The van der Waals surface area contributed by atoms with Crippen LogP contribution in [0, 0.1) is 3.57 Å². The van der Waals surface area contributed by atoms with Crippen molar-refractivity contribution in [3.63, 3.8) is 0 Å². The number of rotatable bonds is 2. The Morgan fingerprint density at radius 2 is 2.07 bits per heavy atom. The second kappa shape index (κ2) is 4.29. The minimum Gasteiger partial charge on any atom is -0.482 e. The largest absolute Gasteiger partial charge is 0.573 e. The van der Waals surface area contributed by atoms with E-state index in [1.807, 2.05) is 0 Å². The van der Waals surface area contributed by atoms with E-state index in [1.165, 1.54) is 29.7 Å². The Balaban J connectivity index is 3.17. The van der Waals surface area contributed by atoms with Gasteiger partial charge in [-0.05, 0) is 22.6 Å². The highest BCUT2D eigenvalue weighted by molar-refractivity contribution is 14.1. The van der Waals surface area contributed by atoms with Gasteiger partial charge in [0.25, 0.3) is 5.56 Å². The summed E-state index contributed by atoms with van der Waals surface area (Å²) in [5.74, 6) is -0.677. The van der Waals surface area contributed by atoms with Crippen LogP contribution in [0.2, 0.25) is 0 Å². The zero-order valence-corrected chi connectivity index (χ0v) is 9.47. The van der Waals surface area contributed by atoms with Crippen LogP contribution in [0.1, 0.15) is 0 Å². The predicted octanol–water partition coefficient (Wildman–Crippen LogP) is 1.89. The van der Waals surface area contributed by atoms with Crippen molar-refractivity contribution in [2.24, 2.45) is 0 Å². The summed E-state index contributed by atoms with van der Waals surface area (Å²) in [5, 5.41) is 0. The van der Waals surface area contributed by atoms with Gasteiger partial charge in [-0.25, -0.2) is 0 Å². The molecule has 15 heavy (non-hydrogen) atoms. The Kier molecular flexibility index (Phi) is 3.47. The smallest absolute Gasteiger partial charge is 0.482 e. The number of aromatic amines is 1. The van der Waals surface area contributed by atoms with Crippen LogP contribution in [0.25, 0.3) is 0 Å². The van der Waals surface area contributed by atoms with Crippen LogP contribution in [0.5, 0.6) is 11.6 Å². The van der Waals surface area contributed by atoms with Crippen molar-refractivity contribution in [2.75, 3.05) is 7.11 Å². The molecule has 0 aliphatic rings. The molecule has 0 unspecified atom stereocenters. The number of alkyl halides is 3. The third-order valence-electron chi connectivity index (χ3n) is 1.36. The number of methoxy groups -OCH3 is 1. The molecule has 0 radical (unpaired) electrons. The van der Waals surface area contributed by atoms with E-state index in [4.69, 9.17) is 0 Å². The number of halogens is 4. The van der Waals surface area contributed by atoms with Crippen LogP contribution in [0.4, 0.5) is 13.2 Å². The molecule has 4 nitrogen and oxygen atoms in total. The molecule has 0 saturated heterocycles. The molecule has 0 amide bonds. The Bertz CT molecular complexity index is 415. The van der Waals surface area contributed by atoms with E-state index in [0.717, 1.165) is 6.07 Å². The first kappa shape index (κ1) is 12.1. The van der Waals surface area contributed by atoms with Gasteiger partial charge in [-0.3, -0.25) is 9.78 Å². The minimum atomic E-state index is -4.83. The maximum absolute atomic E-state index is 11.9. The van der Waals surface area contributed by atoms with E-state index < -0.39 is 17.7 Å². The third-order valence-corrected chi connectivity index (χ3v) is 2.38. The van der Waals surface area contributed by atoms with Crippen LogP contribution in [0.15, 0.2) is 10.9 Å². The molecule has 1 aromatic heterocycles. The van der Waals surface area contributed by atoms with Gasteiger partial charge < -0.3 is 9.47 Å². The van der Waals surface area contributed by atoms with Crippen molar-refractivity contribution in [1.82, 2.24) is 4.98 Å². The number of nitrogens with one attached hydrogen (secondary N) is 1. The maximum Gasteiger partial charge on any atom is 0.573 e. The Labute approximate surface area is 95.5 Å². The Hall–Kier alpha value is -0.930. The fourth-order valence-corrected chi connectivity index (χ4v) is 1.21. The van der Waals surface area contributed by atoms with Crippen molar-refractivity contribution in [2.45, 2.75) is 6.36 Å². The van der Waals surface area contributed by atoms with Crippen LogP contribution < -0.4 is 15.0 Å². The van der Waals surface area contributed by atoms with Crippen molar-refractivity contribution in [3.8, 4) is 11.6 Å². The molecular formula is C7H5F3INO3. The summed E-state index contributed by atoms with van der Waals surface area (Å²) >= 11 is 1.45. The fourth-order valence-electron chi connectivity index (χ4n) is 0.806. The maximum atomic E-state index is 11.9. The quantitative estimate of drug-likeness (QED) is 0.840. The average Bonchev–Trinajstić information content (AvgIpc) is 2.10. The lowest BCUT2D eigenvalue weighted by molar-refractivity contribution is -0.275. The first-order chi connectivity index (χ1) is 6.83. The van der Waals surface area contributed by atoms with E-state index >= 15 is 0 Å². The van der Waals surface area contributed by atoms with Crippen LogP contribution in [-0.2, 0) is 0 Å². The molecule has 1 aromatic rings. The van der Waals surface area contributed by atoms with E-state index in [9.17, 15) is 18.0 Å². The Morgan fingerprint density at radius 3 is 2.53 bits per heavy atom. The topological polar surface area (TPSA) is 51.3 Å². The average molecular weight is 335 g/mol. The van der Waals surface area contributed by atoms with Crippen LogP contribution in [0.3, 0.4) is 0 Å². The molecule has 0 aliphatic heterocycles. The summed E-state index contributed by atoms with van der Waals surface area (Å²) in [6.45, 7) is 0. The molecule has 0 aromatic carbocycles. The number of hydrogen-bond acceptors (Lipinski definition) is 3. The molecule has 0 aliphatic carbocycles. The van der Waals surface area contributed by atoms with E-state index in [0.29, 0.717) is 0 Å². The number of ether oxygens (including phenoxy) is 2. The molecule has 0 atom stereocenters. The van der Waals surface area contributed by atoms with Crippen molar-refractivity contribution in [3.05, 3.63) is 20.0 Å². The van der Waals surface area contributed by atoms with Gasteiger partial charge in [0.2, 0.25) is 0 Å². The SMILES string of the molecule is COc1cc(OC(F)(F)F)c(I)c(=O)[nH]1. The molecule has 1 heterocycles. The molecule has 0 fully saturated rings. The zero-order valence-electron chi connectivity index (χ0n) is 7.31. The summed E-state index contributed by atoms with van der Waals surface area (Å²) in [6, 6.07) is 0.955. The van der Waals surface area contributed by atoms with Gasteiger partial charge in [-0.15, -0.1) is 13.2 Å². The number of H-pyrrole nitrogens is 1. The molecule has 8 heteroatoms. The van der Waals surface area contributed by atoms with Gasteiger partial charge in [-0.1, -0.05) is 0 Å². The van der Waals surface area contributed by atoms with E-state index in [-0.39, 0.29) is 9.45 Å². The highest BCUT2D eigenvalue weighted by Crippen LogP contribution is 2.27. The lowest BCUT2D eigenvalue weighted by atomic mass is 10.4. The Morgan fingerprint density at radius 1 is 1.47 bits per heavy atom. The second-order valence-corrected chi connectivity index (χ2v) is 3.47. The van der Waals surface area contributed by atoms with Gasteiger partial charge in [0.05, 0.1) is 7.11 Å². The minimum absolute atomic E-state index is 0.0975. The van der Waals surface area contributed by atoms with Gasteiger partial charge in [0, 0.05) is 6.07 Å². The summed E-state index contributed by atoms with van der Waals surface area (Å²) in [7, 11) is 1.22. The molecule has 0 bridgehead atoms. The van der Waals surface area contributed by atoms with E-state index in [1.54, 1.807) is 0 Å². The standard InChI is InChI=1S/C7H5F3INO3/c1-14-4-2-3(15-7(8,9)10)5(11)6(13)12-4/h2H,1H3,(H,12,13). The highest BCUT2D eigenvalue weighted by atomic mass is 127. The molecule has 0 spiro atoms. The van der Waals surface area contributed by atoms with Crippen LogP contribution >= 0.6 is 22.6 Å². The predicted molar refractivity (Wildman–Crippen MR) is 53.0 cm³/mol. The number of hydrogen-bond donors (Lipinski definition) is 1. The van der Waals surface area contributed by atoms with E-state index in [2.05, 4.69) is 14.5 Å². The fraction of sp³-hybridized carbons (Fsp3) is 0.286. The third kappa shape index (κ3) is 3.29. The molecular weight excluding hydrogens is 330 g/mol. The molecule has 0 saturated carbocycles. The number of pyridine rings is 1. The summed E-state index contributed by atoms with van der Waals surface area (Å²) in [4.78, 5) is 13.3. The van der Waals surface area contributed by atoms with Gasteiger partial charge in [-0.2, -0.15) is 0 Å². The van der Waals surface area contributed by atoms with Crippen molar-refractivity contribution in [1.29, 1.82) is 0 Å². The molecule has 84 valence electrons. The molecule has 1 N–H and O–H groups in total. The van der Waals surface area contributed by atoms with Crippen molar-refractivity contribution >= 4 is 22.6 Å². The summed E-state index contributed by atoms with van der Waals surface area (Å²) < 4.78 is 43.8. The summed E-state index contributed by atoms with van der Waals surface area (Å²) in [6.07, 6.45) is -4.83. The lowest BCUT2D eigenvalue weighted by Gasteiger charge is -2.10. The highest BCUT2D eigenvalue weighted by Gasteiger charge is 2.32. The van der Waals surface area contributed by atoms with Crippen LogP contribution in [-0.4, -0.2) is 18.5 Å². The number of aromatic nitrogens is 1. The lowest BCUT2D eigenvalue weighted by Crippen LogP contribution is -2.21. The monoisotopic (exact) mass is 335 g/mol. The first-order valence-corrected chi connectivity index (χ1v) is 4.64. The molecule has 1 rings (SSSR count). The van der Waals surface area contributed by atoms with Gasteiger partial charge in [0.15, 0.2) is 11.6 Å². The normalized spacial score (nSPS) is 11.3. The van der Waals surface area contributed by atoms with Gasteiger partial charge in [0.1, 0.15) is 3.57 Å². The van der Waals surface area contributed by atoms with Gasteiger partial charge >= 0.3 is 6.36 Å².